The summed E-state index contributed by atoms with van der Waals surface area (Å²) in [6.45, 7) is -0.279. The van der Waals surface area contributed by atoms with E-state index in [0.717, 1.165) is 22.3 Å². The number of rotatable bonds is 5. The first-order valence-corrected chi connectivity index (χ1v) is 8.38. The molecule has 1 aliphatic rings. The maximum atomic E-state index is 12.3. The molecule has 0 fully saturated rings. The van der Waals surface area contributed by atoms with Gasteiger partial charge < -0.3 is 9.47 Å². The molecule has 0 atom stereocenters. The third kappa shape index (κ3) is 3.25. The number of hydrogen-bond acceptors (Lipinski definition) is 5. The average molecular weight is 361 g/mol. The third-order valence-corrected chi connectivity index (χ3v) is 4.43. The highest BCUT2D eigenvalue weighted by Gasteiger charge is 2.31. The van der Waals surface area contributed by atoms with E-state index in [1.807, 2.05) is 48.5 Å². The van der Waals surface area contributed by atoms with Gasteiger partial charge in [-0.05, 0) is 23.3 Å². The molecule has 0 unspecified atom stereocenters. The van der Waals surface area contributed by atoms with E-state index in [-0.39, 0.29) is 12.3 Å². The summed E-state index contributed by atoms with van der Waals surface area (Å²) in [4.78, 5) is 22.5. The standard InChI is InChI=1S/C21H15NO5/c23-20(13-26-15-11-9-14(10-12-15)22(24)25)27-21-18-7-3-1-5-16(18)17-6-2-4-8-19(17)21/h1-12,21H,13H2. The molecule has 134 valence electrons. The van der Waals surface area contributed by atoms with Gasteiger partial charge in [0.25, 0.3) is 5.69 Å². The van der Waals surface area contributed by atoms with Crippen LogP contribution in [0.4, 0.5) is 5.69 Å². The molecule has 3 aromatic rings. The Bertz CT molecular complexity index is 968. The van der Waals surface area contributed by atoms with Gasteiger partial charge in [0.2, 0.25) is 0 Å². The van der Waals surface area contributed by atoms with Gasteiger partial charge >= 0.3 is 5.97 Å². The van der Waals surface area contributed by atoms with Crippen LogP contribution in [0.1, 0.15) is 17.2 Å². The predicted molar refractivity (Wildman–Crippen MR) is 98.4 cm³/mol. The van der Waals surface area contributed by atoms with Crippen molar-refractivity contribution in [3.8, 4) is 16.9 Å². The Labute approximate surface area is 155 Å². The highest BCUT2D eigenvalue weighted by atomic mass is 16.6. The van der Waals surface area contributed by atoms with Crippen molar-refractivity contribution in [3.05, 3.63) is 94.0 Å². The van der Waals surface area contributed by atoms with Gasteiger partial charge in [0, 0.05) is 23.3 Å². The van der Waals surface area contributed by atoms with Crippen LogP contribution in [-0.2, 0) is 9.53 Å². The second-order valence-corrected chi connectivity index (χ2v) is 6.08. The molecule has 0 aromatic heterocycles. The molecule has 0 N–H and O–H groups in total. The van der Waals surface area contributed by atoms with Gasteiger partial charge in [-0.3, -0.25) is 10.1 Å². The number of hydrogen-bond donors (Lipinski definition) is 0. The van der Waals surface area contributed by atoms with Gasteiger partial charge in [0.15, 0.2) is 12.7 Å². The zero-order chi connectivity index (χ0) is 18.8. The fourth-order valence-electron chi connectivity index (χ4n) is 3.21. The minimum absolute atomic E-state index is 0.0379. The number of nitro benzene ring substituents is 1. The van der Waals surface area contributed by atoms with Crippen LogP contribution in [0.15, 0.2) is 72.8 Å². The van der Waals surface area contributed by atoms with Crippen molar-refractivity contribution in [2.45, 2.75) is 6.10 Å². The number of carbonyl (C=O) groups is 1. The maximum absolute atomic E-state index is 12.3. The molecule has 0 heterocycles. The predicted octanol–water partition coefficient (Wildman–Crippen LogP) is 4.29. The summed E-state index contributed by atoms with van der Waals surface area (Å²) in [5, 5.41) is 10.7. The molecule has 0 saturated carbocycles. The van der Waals surface area contributed by atoms with Crippen molar-refractivity contribution >= 4 is 11.7 Å². The van der Waals surface area contributed by atoms with Gasteiger partial charge in [0.1, 0.15) is 5.75 Å². The van der Waals surface area contributed by atoms with Gasteiger partial charge in [-0.15, -0.1) is 0 Å². The molecule has 1 aliphatic carbocycles. The fourth-order valence-corrected chi connectivity index (χ4v) is 3.21. The molecule has 0 spiro atoms. The number of nitro groups is 1. The quantitative estimate of drug-likeness (QED) is 0.385. The fraction of sp³-hybridized carbons (Fsp3) is 0.0952. The Balaban J connectivity index is 1.46. The lowest BCUT2D eigenvalue weighted by Gasteiger charge is -2.15. The number of benzene rings is 3. The van der Waals surface area contributed by atoms with Crippen LogP contribution in [-0.4, -0.2) is 17.5 Å². The summed E-state index contributed by atoms with van der Waals surface area (Å²) < 4.78 is 11.1. The van der Waals surface area contributed by atoms with Gasteiger partial charge in [-0.25, -0.2) is 4.79 Å². The summed E-state index contributed by atoms with van der Waals surface area (Å²) in [6, 6.07) is 21.2. The monoisotopic (exact) mass is 361 g/mol. The summed E-state index contributed by atoms with van der Waals surface area (Å²) in [7, 11) is 0. The maximum Gasteiger partial charge on any atom is 0.345 e. The molecule has 6 nitrogen and oxygen atoms in total. The first-order valence-electron chi connectivity index (χ1n) is 8.38. The number of esters is 1. The van der Waals surface area contributed by atoms with Crippen molar-refractivity contribution in [2.75, 3.05) is 6.61 Å². The lowest BCUT2D eigenvalue weighted by Crippen LogP contribution is -2.18. The van der Waals surface area contributed by atoms with E-state index < -0.39 is 17.0 Å². The van der Waals surface area contributed by atoms with Crippen molar-refractivity contribution < 1.29 is 19.2 Å². The second-order valence-electron chi connectivity index (χ2n) is 6.08. The van der Waals surface area contributed by atoms with Crippen LogP contribution in [0.3, 0.4) is 0 Å². The van der Waals surface area contributed by atoms with E-state index >= 15 is 0 Å². The van der Waals surface area contributed by atoms with Crippen LogP contribution < -0.4 is 4.74 Å². The summed E-state index contributed by atoms with van der Waals surface area (Å²) in [6.07, 6.45) is -0.467. The minimum Gasteiger partial charge on any atom is -0.482 e. The Morgan fingerprint density at radius 1 is 0.889 bits per heavy atom. The Morgan fingerprint density at radius 2 is 1.44 bits per heavy atom. The van der Waals surface area contributed by atoms with Gasteiger partial charge in [0.05, 0.1) is 4.92 Å². The van der Waals surface area contributed by atoms with Crippen molar-refractivity contribution in [1.29, 1.82) is 0 Å². The smallest absolute Gasteiger partial charge is 0.345 e. The van der Waals surface area contributed by atoms with Crippen molar-refractivity contribution in [2.24, 2.45) is 0 Å². The number of fused-ring (bicyclic) bond motifs is 3. The molecule has 0 bridgehead atoms. The SMILES string of the molecule is O=C(COc1ccc([N+](=O)[O-])cc1)OC1c2ccccc2-c2ccccc21. The molecule has 4 rings (SSSR count). The molecular formula is C21H15NO5. The lowest BCUT2D eigenvalue weighted by atomic mass is 10.1. The summed E-state index contributed by atoms with van der Waals surface area (Å²) >= 11 is 0. The van der Waals surface area contributed by atoms with Crippen LogP contribution in [0.25, 0.3) is 11.1 Å². The van der Waals surface area contributed by atoms with E-state index in [4.69, 9.17) is 9.47 Å². The average Bonchev–Trinajstić information content (AvgIpc) is 3.01. The highest BCUT2D eigenvalue weighted by molar-refractivity contribution is 5.80. The van der Waals surface area contributed by atoms with Crippen LogP contribution >= 0.6 is 0 Å². The van der Waals surface area contributed by atoms with Crippen LogP contribution in [0.5, 0.6) is 5.75 Å². The summed E-state index contributed by atoms with van der Waals surface area (Å²) in [5.41, 5.74) is 3.97. The Hall–Kier alpha value is -3.67. The van der Waals surface area contributed by atoms with Crippen molar-refractivity contribution in [1.82, 2.24) is 0 Å². The molecule has 0 amide bonds. The molecular weight excluding hydrogens is 346 g/mol. The molecule has 27 heavy (non-hydrogen) atoms. The van der Waals surface area contributed by atoms with E-state index in [0.29, 0.717) is 5.75 Å². The topological polar surface area (TPSA) is 78.7 Å². The summed E-state index contributed by atoms with van der Waals surface area (Å²) in [5.74, 6) is -0.144. The van der Waals surface area contributed by atoms with Gasteiger partial charge in [-0.2, -0.15) is 0 Å². The number of carbonyl (C=O) groups excluding carboxylic acids is 1. The normalized spacial score (nSPS) is 12.1. The van der Waals surface area contributed by atoms with Gasteiger partial charge in [-0.1, -0.05) is 48.5 Å². The Morgan fingerprint density at radius 3 is 2.00 bits per heavy atom. The van der Waals surface area contributed by atoms with E-state index in [9.17, 15) is 14.9 Å². The number of ether oxygens (including phenoxy) is 2. The minimum atomic E-state index is -0.509. The van der Waals surface area contributed by atoms with E-state index in [1.165, 1.54) is 24.3 Å². The number of nitrogens with zero attached hydrogens (tertiary/aromatic N) is 1. The van der Waals surface area contributed by atoms with Crippen molar-refractivity contribution in [3.63, 3.8) is 0 Å². The first kappa shape index (κ1) is 16.8. The van der Waals surface area contributed by atoms with Crippen LogP contribution in [0.2, 0.25) is 0 Å². The highest BCUT2D eigenvalue weighted by Crippen LogP contribution is 2.45. The zero-order valence-electron chi connectivity index (χ0n) is 14.2. The lowest BCUT2D eigenvalue weighted by molar-refractivity contribution is -0.384. The number of non-ortho nitro benzene ring substituents is 1. The second kappa shape index (κ2) is 6.92. The zero-order valence-corrected chi connectivity index (χ0v) is 14.2. The Kier molecular flexibility index (Phi) is 4.30. The molecule has 0 radical (unpaired) electrons. The van der Waals surface area contributed by atoms with E-state index in [1.54, 1.807) is 0 Å². The largest absolute Gasteiger partial charge is 0.482 e. The van der Waals surface area contributed by atoms with E-state index in [2.05, 4.69) is 0 Å². The molecule has 6 heteroatoms. The molecule has 0 aliphatic heterocycles. The third-order valence-electron chi connectivity index (χ3n) is 4.43. The molecule has 3 aromatic carbocycles. The van der Waals surface area contributed by atoms with Crippen LogP contribution in [0, 0.1) is 10.1 Å². The first-order chi connectivity index (χ1) is 13.1. The molecule has 0 saturated heterocycles.